The maximum atomic E-state index is 13.5. The minimum atomic E-state index is -4.65. The fourth-order valence-electron chi connectivity index (χ4n) is 4.40. The lowest BCUT2D eigenvalue weighted by atomic mass is 10.1. The number of carbonyl (C=O) groups is 2. The third kappa shape index (κ3) is 6.86. The van der Waals surface area contributed by atoms with Crippen LogP contribution in [0.5, 0.6) is 5.75 Å². The van der Waals surface area contributed by atoms with Crippen LogP contribution in [0.3, 0.4) is 0 Å². The average molecular weight is 566 g/mol. The van der Waals surface area contributed by atoms with Crippen LogP contribution in [0.4, 0.5) is 29.5 Å². The van der Waals surface area contributed by atoms with E-state index in [-0.39, 0.29) is 12.2 Å². The summed E-state index contributed by atoms with van der Waals surface area (Å²) < 4.78 is 47.2. The molecule has 3 aromatic carbocycles. The number of hydrogen-bond acceptors (Lipinski definition) is 4. The fraction of sp³-hybridized carbons (Fsp3) is 0.233. The van der Waals surface area contributed by atoms with Crippen molar-refractivity contribution in [2.45, 2.75) is 26.4 Å². The van der Waals surface area contributed by atoms with E-state index in [1.807, 2.05) is 37.3 Å². The van der Waals surface area contributed by atoms with Crippen molar-refractivity contribution in [1.82, 2.24) is 14.7 Å². The summed E-state index contributed by atoms with van der Waals surface area (Å²) in [4.78, 5) is 27.6. The van der Waals surface area contributed by atoms with Gasteiger partial charge >= 0.3 is 12.2 Å². The predicted molar refractivity (Wildman–Crippen MR) is 151 cm³/mol. The van der Waals surface area contributed by atoms with Gasteiger partial charge in [0.1, 0.15) is 18.1 Å². The molecule has 214 valence electrons. The molecule has 0 saturated heterocycles. The monoisotopic (exact) mass is 565 g/mol. The number of anilines is 2. The molecule has 4 aromatic rings. The first-order chi connectivity index (χ1) is 19.6. The number of alkyl halides is 3. The maximum absolute atomic E-state index is 13.5. The van der Waals surface area contributed by atoms with Crippen molar-refractivity contribution in [2.75, 3.05) is 30.8 Å². The maximum Gasteiger partial charge on any atom is 0.418 e. The molecule has 0 fully saturated rings. The van der Waals surface area contributed by atoms with Crippen molar-refractivity contribution in [2.24, 2.45) is 0 Å². The van der Waals surface area contributed by atoms with Crippen molar-refractivity contribution in [3.8, 4) is 22.6 Å². The molecule has 0 aliphatic heterocycles. The van der Waals surface area contributed by atoms with Crippen molar-refractivity contribution in [1.29, 1.82) is 0 Å². The van der Waals surface area contributed by atoms with Gasteiger partial charge in [-0.05, 0) is 55.3 Å². The Morgan fingerprint density at radius 3 is 2.24 bits per heavy atom. The van der Waals surface area contributed by atoms with Crippen LogP contribution in [0.2, 0.25) is 0 Å². The number of urea groups is 1. The number of aryl methyl sites for hydroxylation is 1. The van der Waals surface area contributed by atoms with Crippen LogP contribution in [0, 0.1) is 6.92 Å². The molecular formula is C30H30F3N5O3. The van der Waals surface area contributed by atoms with E-state index in [4.69, 9.17) is 4.74 Å². The fourth-order valence-corrected chi connectivity index (χ4v) is 4.40. The molecule has 0 unspecified atom stereocenters. The van der Waals surface area contributed by atoms with Crippen LogP contribution in [0.15, 0.2) is 78.9 Å². The van der Waals surface area contributed by atoms with Crippen LogP contribution in [-0.4, -0.2) is 46.8 Å². The van der Waals surface area contributed by atoms with Crippen LogP contribution in [-0.2, 0) is 11.0 Å². The van der Waals surface area contributed by atoms with Crippen molar-refractivity contribution in [3.63, 3.8) is 0 Å². The molecule has 0 saturated carbocycles. The molecule has 0 spiro atoms. The SMILES string of the molecule is CCCN(CC(=O)Nc1c(-c2ccccc2)c(C)nn1-c1ccc(OC)cc1)C(=O)Nc1ccccc1C(F)(F)F. The number of methoxy groups -OCH3 is 1. The van der Waals surface area contributed by atoms with Crippen molar-refractivity contribution in [3.05, 3.63) is 90.1 Å². The normalized spacial score (nSPS) is 11.2. The number of hydrogen-bond donors (Lipinski definition) is 2. The Morgan fingerprint density at radius 1 is 0.951 bits per heavy atom. The van der Waals surface area contributed by atoms with E-state index in [1.165, 1.54) is 23.1 Å². The zero-order valence-electron chi connectivity index (χ0n) is 22.8. The number of carbonyl (C=O) groups excluding carboxylic acids is 2. The topological polar surface area (TPSA) is 88.5 Å². The smallest absolute Gasteiger partial charge is 0.418 e. The van der Waals surface area contributed by atoms with Gasteiger partial charge in [0, 0.05) is 12.1 Å². The summed E-state index contributed by atoms with van der Waals surface area (Å²) in [5.41, 5.74) is 1.49. The standard InChI is InChI=1S/C30H30F3N5O3/c1-4-18-37(29(40)34-25-13-9-8-12-24(25)30(31,32)33)19-26(39)35-28-27(21-10-6-5-7-11-21)20(2)36-38(28)22-14-16-23(41-3)17-15-22/h5-17H,4,18-19H2,1-3H3,(H,34,40)(H,35,39). The van der Waals surface area contributed by atoms with Gasteiger partial charge in [-0.2, -0.15) is 18.3 Å². The minimum absolute atomic E-state index is 0.149. The van der Waals surface area contributed by atoms with Gasteiger partial charge in [-0.15, -0.1) is 0 Å². The van der Waals surface area contributed by atoms with Gasteiger partial charge < -0.3 is 20.3 Å². The van der Waals surface area contributed by atoms with Gasteiger partial charge in [0.2, 0.25) is 5.91 Å². The predicted octanol–water partition coefficient (Wildman–Crippen LogP) is 6.76. The van der Waals surface area contributed by atoms with E-state index >= 15 is 0 Å². The Morgan fingerprint density at radius 2 is 1.61 bits per heavy atom. The van der Waals surface area contributed by atoms with E-state index in [2.05, 4.69) is 15.7 Å². The summed E-state index contributed by atoms with van der Waals surface area (Å²) in [6, 6.07) is 20.4. The van der Waals surface area contributed by atoms with Crippen LogP contribution in [0.1, 0.15) is 24.6 Å². The molecule has 2 N–H and O–H groups in total. The highest BCUT2D eigenvalue weighted by atomic mass is 19.4. The van der Waals surface area contributed by atoms with Crippen molar-refractivity contribution >= 4 is 23.4 Å². The number of nitrogens with one attached hydrogen (secondary N) is 2. The minimum Gasteiger partial charge on any atom is -0.497 e. The van der Waals surface area contributed by atoms with Gasteiger partial charge in [-0.25, -0.2) is 9.48 Å². The van der Waals surface area contributed by atoms with Gasteiger partial charge in [-0.1, -0.05) is 49.4 Å². The van der Waals surface area contributed by atoms with E-state index in [0.717, 1.165) is 11.6 Å². The molecule has 1 heterocycles. The van der Waals surface area contributed by atoms with E-state index in [9.17, 15) is 22.8 Å². The first-order valence-corrected chi connectivity index (χ1v) is 12.9. The first-order valence-electron chi connectivity index (χ1n) is 12.9. The number of ether oxygens (including phenoxy) is 1. The van der Waals surface area contributed by atoms with E-state index < -0.39 is 30.2 Å². The largest absolute Gasteiger partial charge is 0.497 e. The summed E-state index contributed by atoms with van der Waals surface area (Å²) in [6.45, 7) is 3.38. The number of aromatic nitrogens is 2. The third-order valence-corrected chi connectivity index (χ3v) is 6.29. The van der Waals surface area contributed by atoms with Crippen LogP contribution < -0.4 is 15.4 Å². The molecule has 11 heteroatoms. The lowest BCUT2D eigenvalue weighted by molar-refractivity contribution is -0.137. The lowest BCUT2D eigenvalue weighted by Crippen LogP contribution is -2.41. The summed E-state index contributed by atoms with van der Waals surface area (Å²) in [5, 5.41) is 9.88. The Labute approximate surface area is 235 Å². The number of amides is 3. The van der Waals surface area contributed by atoms with Gasteiger partial charge in [-0.3, -0.25) is 4.79 Å². The molecule has 41 heavy (non-hydrogen) atoms. The molecule has 0 aliphatic carbocycles. The highest BCUT2D eigenvalue weighted by Gasteiger charge is 2.34. The molecule has 3 amide bonds. The molecule has 0 atom stereocenters. The van der Waals surface area contributed by atoms with Crippen LogP contribution in [0.25, 0.3) is 16.8 Å². The Bertz CT molecular complexity index is 1500. The summed E-state index contributed by atoms with van der Waals surface area (Å²) in [5.74, 6) is 0.507. The number of nitrogens with zero attached hydrogens (tertiary/aromatic N) is 3. The molecular weight excluding hydrogens is 535 g/mol. The Hall–Kier alpha value is -4.80. The van der Waals surface area contributed by atoms with Gasteiger partial charge in [0.15, 0.2) is 0 Å². The average Bonchev–Trinajstić information content (AvgIpc) is 3.28. The second-order valence-electron chi connectivity index (χ2n) is 9.23. The molecule has 4 rings (SSSR count). The molecule has 0 radical (unpaired) electrons. The zero-order valence-corrected chi connectivity index (χ0v) is 22.8. The van der Waals surface area contributed by atoms with Crippen LogP contribution >= 0.6 is 0 Å². The number of rotatable bonds is 9. The molecule has 0 aliphatic rings. The third-order valence-electron chi connectivity index (χ3n) is 6.29. The van der Waals surface area contributed by atoms with Gasteiger partial charge in [0.05, 0.1) is 29.7 Å². The second-order valence-corrected chi connectivity index (χ2v) is 9.23. The molecule has 0 bridgehead atoms. The summed E-state index contributed by atoms with van der Waals surface area (Å²) >= 11 is 0. The Kier molecular flexibility index (Phi) is 8.96. The number of para-hydroxylation sites is 1. The summed E-state index contributed by atoms with van der Waals surface area (Å²) in [7, 11) is 1.56. The number of benzene rings is 3. The summed E-state index contributed by atoms with van der Waals surface area (Å²) in [6.07, 6.45) is -4.16. The highest BCUT2D eigenvalue weighted by Crippen LogP contribution is 2.35. The molecule has 8 nitrogen and oxygen atoms in total. The molecule has 1 aromatic heterocycles. The first kappa shape index (κ1) is 29.2. The Balaban J connectivity index is 1.63. The van der Waals surface area contributed by atoms with Gasteiger partial charge in [0.25, 0.3) is 0 Å². The quantitative estimate of drug-likeness (QED) is 0.235. The number of halogens is 3. The highest BCUT2D eigenvalue weighted by molar-refractivity contribution is 5.99. The zero-order chi connectivity index (χ0) is 29.6. The second kappa shape index (κ2) is 12.6. The van der Waals surface area contributed by atoms with Crippen molar-refractivity contribution < 1.29 is 27.5 Å². The van der Waals surface area contributed by atoms with E-state index in [1.54, 1.807) is 43.0 Å². The van der Waals surface area contributed by atoms with E-state index in [0.29, 0.717) is 34.9 Å². The lowest BCUT2D eigenvalue weighted by Gasteiger charge is -2.23.